The minimum absolute atomic E-state index is 0.195. The van der Waals surface area contributed by atoms with Gasteiger partial charge in [-0.3, -0.25) is 14.4 Å². The molecule has 2 aromatic rings. The van der Waals surface area contributed by atoms with Gasteiger partial charge in [0, 0.05) is 24.5 Å². The highest BCUT2D eigenvalue weighted by Gasteiger charge is 2.75. The van der Waals surface area contributed by atoms with Crippen molar-refractivity contribution in [1.82, 2.24) is 4.90 Å². The number of carbonyl (C=O) groups excluding carboxylic acids is 3. The Balaban J connectivity index is 1.49. The number of aliphatic hydroxyl groups excluding tert-OH is 1. The number of nitrogens with one attached hydrogen (secondary N) is 1. The van der Waals surface area contributed by atoms with Crippen molar-refractivity contribution in [1.29, 1.82) is 0 Å². The maximum absolute atomic E-state index is 14.2. The van der Waals surface area contributed by atoms with Crippen LogP contribution in [0, 0.1) is 11.8 Å². The largest absolute Gasteiger partial charge is 0.466 e. The van der Waals surface area contributed by atoms with Crippen molar-refractivity contribution in [3.8, 4) is 0 Å². The maximum Gasteiger partial charge on any atom is 0.312 e. The predicted molar refractivity (Wildman–Crippen MR) is 151 cm³/mol. The average molecular weight is 550 g/mol. The standard InChI is InChI=1S/C31H39N3O6/c1-4-33(5-2)22-14-12-21(13-15-22)32-28(36)27-31-17-16-24(40-31)25(30(38)39-6-3)26(31)29(37)34(27)23(19-35)18-20-10-8-7-9-11-20/h7-15,23-27,35H,4-6,16-19H2,1-3H3,(H,32,36)/t23-,24+,25-,26+,27?,31?/m1/s1. The molecule has 2 amide bonds. The fraction of sp³-hybridized carbons (Fsp3) is 0.516. The first-order valence-electron chi connectivity index (χ1n) is 14.4. The van der Waals surface area contributed by atoms with Crippen LogP contribution < -0.4 is 10.2 Å². The number of hydrogen-bond donors (Lipinski definition) is 2. The summed E-state index contributed by atoms with van der Waals surface area (Å²) in [6.07, 6.45) is 0.928. The molecule has 2 bridgehead atoms. The number of fused-ring (bicyclic) bond motifs is 1. The highest BCUT2D eigenvalue weighted by molar-refractivity contribution is 6.03. The van der Waals surface area contributed by atoms with Crippen molar-refractivity contribution < 1.29 is 29.0 Å². The summed E-state index contributed by atoms with van der Waals surface area (Å²) in [5.41, 5.74) is 1.43. The lowest BCUT2D eigenvalue weighted by molar-refractivity contribution is -0.155. The molecule has 9 heteroatoms. The Labute approximate surface area is 235 Å². The number of anilines is 2. The van der Waals surface area contributed by atoms with Crippen molar-refractivity contribution >= 4 is 29.2 Å². The van der Waals surface area contributed by atoms with Gasteiger partial charge in [0.1, 0.15) is 11.6 Å². The molecule has 0 aliphatic carbocycles. The van der Waals surface area contributed by atoms with Crippen molar-refractivity contribution in [3.63, 3.8) is 0 Å². The third-order valence-electron chi connectivity index (χ3n) is 8.73. The maximum atomic E-state index is 14.2. The molecule has 2 aromatic carbocycles. The summed E-state index contributed by atoms with van der Waals surface area (Å²) in [6.45, 7) is 7.51. The number of rotatable bonds is 11. The van der Waals surface area contributed by atoms with E-state index < -0.39 is 41.6 Å². The molecule has 214 valence electrons. The molecule has 0 radical (unpaired) electrons. The predicted octanol–water partition coefficient (Wildman–Crippen LogP) is 3.01. The Morgan fingerprint density at radius 2 is 1.82 bits per heavy atom. The molecule has 3 heterocycles. The molecule has 9 nitrogen and oxygen atoms in total. The third-order valence-corrected chi connectivity index (χ3v) is 8.73. The van der Waals surface area contributed by atoms with Gasteiger partial charge < -0.3 is 29.7 Å². The summed E-state index contributed by atoms with van der Waals surface area (Å²) in [5.74, 6) is -2.80. The molecule has 3 fully saturated rings. The topological polar surface area (TPSA) is 108 Å². The summed E-state index contributed by atoms with van der Waals surface area (Å²) in [5, 5.41) is 13.5. The third kappa shape index (κ3) is 4.75. The van der Waals surface area contributed by atoms with E-state index in [1.807, 2.05) is 54.6 Å². The summed E-state index contributed by atoms with van der Waals surface area (Å²) in [7, 11) is 0. The van der Waals surface area contributed by atoms with Crippen LogP contribution in [0.3, 0.4) is 0 Å². The summed E-state index contributed by atoms with van der Waals surface area (Å²) in [4.78, 5) is 45.0. The van der Waals surface area contributed by atoms with Crippen LogP contribution in [0.25, 0.3) is 0 Å². The van der Waals surface area contributed by atoms with Gasteiger partial charge in [-0.2, -0.15) is 0 Å². The molecule has 3 aliphatic rings. The van der Waals surface area contributed by atoms with Crippen molar-refractivity contribution in [2.75, 3.05) is 36.5 Å². The molecule has 3 aliphatic heterocycles. The number of amides is 2. The van der Waals surface area contributed by atoms with E-state index in [1.165, 1.54) is 4.90 Å². The van der Waals surface area contributed by atoms with Crippen LogP contribution in [0.1, 0.15) is 39.2 Å². The van der Waals surface area contributed by atoms with Gasteiger partial charge >= 0.3 is 5.97 Å². The van der Waals surface area contributed by atoms with Crippen molar-refractivity contribution in [3.05, 3.63) is 60.2 Å². The van der Waals surface area contributed by atoms with Gasteiger partial charge in [-0.25, -0.2) is 0 Å². The first-order valence-corrected chi connectivity index (χ1v) is 14.4. The Kier molecular flexibility index (Phi) is 8.14. The Hall–Kier alpha value is -3.43. The Bertz CT molecular complexity index is 1220. The molecular weight excluding hydrogens is 510 g/mol. The molecule has 1 spiro atoms. The lowest BCUT2D eigenvalue weighted by atomic mass is 9.70. The van der Waals surface area contributed by atoms with E-state index in [9.17, 15) is 19.5 Å². The molecule has 3 saturated heterocycles. The molecule has 2 unspecified atom stereocenters. The Morgan fingerprint density at radius 3 is 2.45 bits per heavy atom. The van der Waals surface area contributed by atoms with Gasteiger partial charge in [0.25, 0.3) is 0 Å². The molecule has 2 N–H and O–H groups in total. The fourth-order valence-electron chi connectivity index (χ4n) is 6.98. The van der Waals surface area contributed by atoms with E-state index in [2.05, 4.69) is 24.1 Å². The second-order valence-electron chi connectivity index (χ2n) is 10.8. The Morgan fingerprint density at radius 1 is 1.12 bits per heavy atom. The van der Waals surface area contributed by atoms with Crippen LogP contribution in [0.4, 0.5) is 11.4 Å². The zero-order valence-electron chi connectivity index (χ0n) is 23.4. The zero-order valence-corrected chi connectivity index (χ0v) is 23.4. The van der Waals surface area contributed by atoms with Gasteiger partial charge in [-0.1, -0.05) is 30.3 Å². The van der Waals surface area contributed by atoms with Gasteiger partial charge in [0.05, 0.1) is 37.2 Å². The van der Waals surface area contributed by atoms with E-state index in [1.54, 1.807) is 6.92 Å². The quantitative estimate of drug-likeness (QED) is 0.415. The average Bonchev–Trinajstić information content (AvgIpc) is 3.61. The molecule has 6 atom stereocenters. The van der Waals surface area contributed by atoms with E-state index in [0.29, 0.717) is 24.9 Å². The van der Waals surface area contributed by atoms with Gasteiger partial charge in [0.15, 0.2) is 0 Å². The van der Waals surface area contributed by atoms with Gasteiger partial charge in [-0.05, 0) is 69.9 Å². The minimum atomic E-state index is -1.16. The summed E-state index contributed by atoms with van der Waals surface area (Å²) in [6, 6.07) is 15.5. The van der Waals surface area contributed by atoms with E-state index >= 15 is 0 Å². The SMILES string of the molecule is CCOC(=O)[C@@H]1[C@@H]2CCC3(O2)C(C(=O)Nc2ccc(N(CC)CC)cc2)N([C@@H](CO)Cc2ccccc2)C(=O)[C@H]13. The number of benzene rings is 2. The van der Waals surface area contributed by atoms with Crippen LogP contribution in [0.15, 0.2) is 54.6 Å². The molecule has 0 aromatic heterocycles. The summed E-state index contributed by atoms with van der Waals surface area (Å²) < 4.78 is 11.8. The van der Waals surface area contributed by atoms with Crippen molar-refractivity contribution in [2.24, 2.45) is 11.8 Å². The molecule has 0 saturated carbocycles. The number of hydrogen-bond acceptors (Lipinski definition) is 7. The highest BCUT2D eigenvalue weighted by atomic mass is 16.6. The number of nitrogens with zero attached hydrogens (tertiary/aromatic N) is 2. The number of likely N-dealkylation sites (tertiary alicyclic amines) is 1. The monoisotopic (exact) mass is 549 g/mol. The number of ether oxygens (including phenoxy) is 2. The molecule has 5 rings (SSSR count). The van der Waals surface area contributed by atoms with Crippen molar-refractivity contribution in [2.45, 2.75) is 63.8 Å². The smallest absolute Gasteiger partial charge is 0.312 e. The number of carbonyl (C=O) groups is 3. The molecule has 40 heavy (non-hydrogen) atoms. The first-order chi connectivity index (χ1) is 19.4. The van der Waals surface area contributed by atoms with Crippen LogP contribution >= 0.6 is 0 Å². The van der Waals surface area contributed by atoms with E-state index in [0.717, 1.165) is 24.3 Å². The molecular formula is C31H39N3O6. The van der Waals surface area contributed by atoms with Crippen LogP contribution in [-0.4, -0.2) is 77.9 Å². The lowest BCUT2D eigenvalue weighted by Crippen LogP contribution is -2.56. The highest BCUT2D eigenvalue weighted by Crippen LogP contribution is 2.59. The first kappa shape index (κ1) is 28.1. The van der Waals surface area contributed by atoms with Crippen LogP contribution in [-0.2, 0) is 30.3 Å². The van der Waals surface area contributed by atoms with Gasteiger partial charge in [0.2, 0.25) is 11.8 Å². The van der Waals surface area contributed by atoms with Gasteiger partial charge in [-0.15, -0.1) is 0 Å². The van der Waals surface area contributed by atoms with E-state index in [4.69, 9.17) is 9.47 Å². The lowest BCUT2D eigenvalue weighted by Gasteiger charge is -2.36. The second-order valence-corrected chi connectivity index (χ2v) is 10.8. The normalized spacial score (nSPS) is 27.4. The number of esters is 1. The van der Waals surface area contributed by atoms with Crippen LogP contribution in [0.5, 0.6) is 0 Å². The minimum Gasteiger partial charge on any atom is -0.466 e. The number of aliphatic hydroxyl groups is 1. The summed E-state index contributed by atoms with van der Waals surface area (Å²) >= 11 is 0. The van der Waals surface area contributed by atoms with Crippen LogP contribution in [0.2, 0.25) is 0 Å². The zero-order chi connectivity index (χ0) is 28.4. The second kappa shape index (κ2) is 11.6. The fourth-order valence-corrected chi connectivity index (χ4v) is 6.98. The van der Waals surface area contributed by atoms with E-state index in [-0.39, 0.29) is 25.0 Å².